The lowest BCUT2D eigenvalue weighted by Crippen LogP contribution is -2.15. The highest BCUT2D eigenvalue weighted by Gasteiger charge is 2.32. The standard InChI is InChI=1S/C20H21N3O3S/c1-11(2)10-23-18(12-3-4-12)15(9-21-23)19(24)22-14-5-6-16-13(7-14)8-17(27-16)20(25)26/h5-9,11-12H,3-4,10H2,1-2H3,(H,22,24)(H,25,26). The number of aromatic carboxylic acids is 1. The Morgan fingerprint density at radius 1 is 1.33 bits per heavy atom. The molecule has 2 heterocycles. The monoisotopic (exact) mass is 383 g/mol. The van der Waals surface area contributed by atoms with Crippen molar-refractivity contribution in [3.63, 3.8) is 0 Å². The topological polar surface area (TPSA) is 84.2 Å². The fourth-order valence-corrected chi connectivity index (χ4v) is 4.16. The molecule has 7 heteroatoms. The number of carboxylic acid groups (broad SMARTS) is 1. The molecule has 0 radical (unpaired) electrons. The maximum Gasteiger partial charge on any atom is 0.345 e. The van der Waals surface area contributed by atoms with Crippen LogP contribution in [0.5, 0.6) is 0 Å². The van der Waals surface area contributed by atoms with E-state index in [2.05, 4.69) is 24.3 Å². The first-order chi connectivity index (χ1) is 12.9. The summed E-state index contributed by atoms with van der Waals surface area (Å²) in [6.45, 7) is 5.08. The molecule has 27 heavy (non-hydrogen) atoms. The Balaban J connectivity index is 1.59. The molecule has 1 aromatic carbocycles. The fourth-order valence-electron chi connectivity index (χ4n) is 3.27. The van der Waals surface area contributed by atoms with Gasteiger partial charge in [-0.2, -0.15) is 5.10 Å². The molecule has 0 aliphatic heterocycles. The van der Waals surface area contributed by atoms with Gasteiger partial charge in [0, 0.05) is 22.8 Å². The molecule has 0 atom stereocenters. The average molecular weight is 383 g/mol. The summed E-state index contributed by atoms with van der Waals surface area (Å²) in [6.07, 6.45) is 3.86. The lowest BCUT2D eigenvalue weighted by Gasteiger charge is -2.11. The number of aromatic nitrogens is 2. The number of nitrogens with one attached hydrogen (secondary N) is 1. The maximum atomic E-state index is 12.9. The van der Waals surface area contributed by atoms with Crippen molar-refractivity contribution in [1.82, 2.24) is 9.78 Å². The van der Waals surface area contributed by atoms with Gasteiger partial charge in [0.05, 0.1) is 17.5 Å². The summed E-state index contributed by atoms with van der Waals surface area (Å²) in [7, 11) is 0. The van der Waals surface area contributed by atoms with E-state index in [1.807, 2.05) is 16.8 Å². The summed E-state index contributed by atoms with van der Waals surface area (Å²) >= 11 is 1.23. The molecule has 1 aliphatic rings. The predicted molar refractivity (Wildman–Crippen MR) is 106 cm³/mol. The molecule has 0 unspecified atom stereocenters. The van der Waals surface area contributed by atoms with Crippen LogP contribution in [0.2, 0.25) is 0 Å². The second-order valence-corrected chi connectivity index (χ2v) is 8.50. The van der Waals surface area contributed by atoms with E-state index < -0.39 is 5.97 Å². The number of hydrogen-bond acceptors (Lipinski definition) is 4. The minimum atomic E-state index is -0.937. The number of benzene rings is 1. The predicted octanol–water partition coefficient (Wildman–Crippen LogP) is 4.58. The van der Waals surface area contributed by atoms with Crippen LogP contribution in [-0.2, 0) is 6.54 Å². The van der Waals surface area contributed by atoms with E-state index in [9.17, 15) is 9.59 Å². The summed E-state index contributed by atoms with van der Waals surface area (Å²) in [5, 5.41) is 17.3. The summed E-state index contributed by atoms with van der Waals surface area (Å²) < 4.78 is 2.85. The minimum absolute atomic E-state index is 0.167. The number of carboxylic acids is 1. The SMILES string of the molecule is CC(C)Cn1ncc(C(=O)Nc2ccc3sc(C(=O)O)cc3c2)c1C1CC1. The van der Waals surface area contributed by atoms with Crippen molar-refractivity contribution in [3.8, 4) is 0 Å². The third kappa shape index (κ3) is 3.60. The van der Waals surface area contributed by atoms with Crippen molar-refractivity contribution < 1.29 is 14.7 Å². The molecule has 1 amide bonds. The summed E-state index contributed by atoms with van der Waals surface area (Å²) in [5.74, 6) is -0.222. The molecule has 3 aromatic rings. The highest BCUT2D eigenvalue weighted by molar-refractivity contribution is 7.20. The number of fused-ring (bicyclic) bond motifs is 1. The van der Waals surface area contributed by atoms with Gasteiger partial charge in [-0.05, 0) is 48.4 Å². The van der Waals surface area contributed by atoms with Gasteiger partial charge in [-0.15, -0.1) is 11.3 Å². The molecular formula is C20H21N3O3S. The van der Waals surface area contributed by atoms with Crippen LogP contribution in [0.15, 0.2) is 30.5 Å². The molecule has 1 fully saturated rings. The quantitative estimate of drug-likeness (QED) is 0.652. The Hall–Kier alpha value is -2.67. The van der Waals surface area contributed by atoms with Gasteiger partial charge >= 0.3 is 5.97 Å². The first-order valence-corrected chi connectivity index (χ1v) is 9.88. The van der Waals surface area contributed by atoms with Crippen LogP contribution < -0.4 is 5.32 Å². The number of rotatable bonds is 6. The van der Waals surface area contributed by atoms with Crippen LogP contribution in [-0.4, -0.2) is 26.8 Å². The van der Waals surface area contributed by atoms with E-state index >= 15 is 0 Å². The Labute approximate surface area is 160 Å². The zero-order chi connectivity index (χ0) is 19.1. The Morgan fingerprint density at radius 2 is 2.11 bits per heavy atom. The Bertz CT molecular complexity index is 1030. The molecule has 140 valence electrons. The van der Waals surface area contributed by atoms with Crippen LogP contribution in [0.3, 0.4) is 0 Å². The van der Waals surface area contributed by atoms with Crippen molar-refractivity contribution in [2.24, 2.45) is 5.92 Å². The molecular weight excluding hydrogens is 362 g/mol. The van der Waals surface area contributed by atoms with Crippen molar-refractivity contribution in [3.05, 3.63) is 46.6 Å². The van der Waals surface area contributed by atoms with Crippen LogP contribution in [0, 0.1) is 5.92 Å². The zero-order valence-corrected chi connectivity index (χ0v) is 16.0. The number of carbonyl (C=O) groups is 2. The van der Waals surface area contributed by atoms with Crippen molar-refractivity contribution in [2.75, 3.05) is 5.32 Å². The average Bonchev–Trinajstić information content (AvgIpc) is 3.21. The van der Waals surface area contributed by atoms with E-state index in [-0.39, 0.29) is 5.91 Å². The van der Waals surface area contributed by atoms with Crippen LogP contribution in [0.1, 0.15) is 58.3 Å². The molecule has 2 N–H and O–H groups in total. The second-order valence-electron chi connectivity index (χ2n) is 7.42. The third-order valence-corrected chi connectivity index (χ3v) is 5.72. The molecule has 4 rings (SSSR count). The molecule has 6 nitrogen and oxygen atoms in total. The van der Waals surface area contributed by atoms with E-state index in [4.69, 9.17) is 5.11 Å². The van der Waals surface area contributed by atoms with Gasteiger partial charge < -0.3 is 10.4 Å². The maximum absolute atomic E-state index is 12.9. The van der Waals surface area contributed by atoms with Crippen molar-refractivity contribution in [1.29, 1.82) is 0 Å². The van der Waals surface area contributed by atoms with Gasteiger partial charge in [-0.25, -0.2) is 4.79 Å². The molecule has 1 aliphatic carbocycles. The Morgan fingerprint density at radius 3 is 2.78 bits per heavy atom. The van der Waals surface area contributed by atoms with Gasteiger partial charge in [-0.1, -0.05) is 13.8 Å². The molecule has 0 saturated heterocycles. The normalized spacial score (nSPS) is 14.0. The summed E-state index contributed by atoms with van der Waals surface area (Å²) in [5.41, 5.74) is 2.32. The molecule has 1 saturated carbocycles. The van der Waals surface area contributed by atoms with Gasteiger partial charge in [0.1, 0.15) is 4.88 Å². The van der Waals surface area contributed by atoms with Gasteiger partial charge in [-0.3, -0.25) is 9.48 Å². The minimum Gasteiger partial charge on any atom is -0.477 e. The zero-order valence-electron chi connectivity index (χ0n) is 15.2. The van der Waals surface area contributed by atoms with Crippen LogP contribution in [0.4, 0.5) is 5.69 Å². The van der Waals surface area contributed by atoms with Crippen molar-refractivity contribution in [2.45, 2.75) is 39.2 Å². The lowest BCUT2D eigenvalue weighted by atomic mass is 10.1. The highest BCUT2D eigenvalue weighted by atomic mass is 32.1. The number of nitrogens with zero attached hydrogens (tertiary/aromatic N) is 2. The van der Waals surface area contributed by atoms with E-state index in [0.717, 1.165) is 35.2 Å². The van der Waals surface area contributed by atoms with Gasteiger partial charge in [0.15, 0.2) is 0 Å². The van der Waals surface area contributed by atoms with Gasteiger partial charge in [0.25, 0.3) is 5.91 Å². The second kappa shape index (κ2) is 6.81. The van der Waals surface area contributed by atoms with Gasteiger partial charge in [0.2, 0.25) is 0 Å². The number of anilines is 1. The van der Waals surface area contributed by atoms with Crippen molar-refractivity contribution >= 4 is 39.0 Å². The van der Waals surface area contributed by atoms with E-state index in [1.165, 1.54) is 11.3 Å². The molecule has 0 bridgehead atoms. The van der Waals surface area contributed by atoms with E-state index in [0.29, 0.717) is 28.0 Å². The summed E-state index contributed by atoms with van der Waals surface area (Å²) in [6, 6.07) is 7.09. The fraction of sp³-hybridized carbons (Fsp3) is 0.350. The first kappa shape index (κ1) is 17.7. The number of amides is 1. The smallest absolute Gasteiger partial charge is 0.345 e. The van der Waals surface area contributed by atoms with Crippen LogP contribution in [0.25, 0.3) is 10.1 Å². The van der Waals surface area contributed by atoms with Crippen LogP contribution >= 0.6 is 11.3 Å². The first-order valence-electron chi connectivity index (χ1n) is 9.06. The molecule has 2 aromatic heterocycles. The largest absolute Gasteiger partial charge is 0.477 e. The number of thiophene rings is 1. The van der Waals surface area contributed by atoms with E-state index in [1.54, 1.807) is 18.3 Å². The lowest BCUT2D eigenvalue weighted by molar-refractivity contribution is 0.0702. The Kier molecular flexibility index (Phi) is 4.47. The number of carbonyl (C=O) groups excluding carboxylic acids is 1. The highest BCUT2D eigenvalue weighted by Crippen LogP contribution is 2.42. The molecule has 0 spiro atoms. The third-order valence-electron chi connectivity index (χ3n) is 4.61. The summed E-state index contributed by atoms with van der Waals surface area (Å²) in [4.78, 5) is 24.3. The number of hydrogen-bond donors (Lipinski definition) is 2.